The van der Waals surface area contributed by atoms with Gasteiger partial charge in [0.25, 0.3) is 0 Å². The molecule has 5 nitrogen and oxygen atoms in total. The zero-order valence-electron chi connectivity index (χ0n) is 16.0. The van der Waals surface area contributed by atoms with E-state index in [-0.39, 0.29) is 24.0 Å². The number of nitrogens with zero attached hydrogens (tertiary/aromatic N) is 3. The van der Waals surface area contributed by atoms with E-state index in [9.17, 15) is 0 Å². The fourth-order valence-corrected chi connectivity index (χ4v) is 3.10. The number of thiazole rings is 1. The number of guanidine groups is 1. The van der Waals surface area contributed by atoms with Crippen LogP contribution in [0.4, 0.5) is 0 Å². The highest BCUT2D eigenvalue weighted by Gasteiger charge is 2.09. The molecule has 0 saturated heterocycles. The highest BCUT2D eigenvalue weighted by Crippen LogP contribution is 2.13. The van der Waals surface area contributed by atoms with Crippen LogP contribution < -0.4 is 5.32 Å². The van der Waals surface area contributed by atoms with Gasteiger partial charge in [-0.15, -0.1) is 35.3 Å². The SMILES string of the molecule is CCNC(=NCc1ccccc1COCC)N(C)Cc1csc(C)n1.I. The topological polar surface area (TPSA) is 49.8 Å². The van der Waals surface area contributed by atoms with E-state index in [0.29, 0.717) is 13.2 Å². The van der Waals surface area contributed by atoms with E-state index in [1.165, 1.54) is 11.1 Å². The van der Waals surface area contributed by atoms with Crippen molar-refractivity contribution in [3.8, 4) is 0 Å². The summed E-state index contributed by atoms with van der Waals surface area (Å²) >= 11 is 1.68. The Morgan fingerprint density at radius 1 is 1.27 bits per heavy atom. The van der Waals surface area contributed by atoms with Gasteiger partial charge in [0.1, 0.15) is 0 Å². The Morgan fingerprint density at radius 3 is 2.62 bits per heavy atom. The molecule has 0 aliphatic rings. The van der Waals surface area contributed by atoms with E-state index in [1.54, 1.807) is 11.3 Å². The minimum atomic E-state index is 0. The van der Waals surface area contributed by atoms with Gasteiger partial charge in [0.05, 0.1) is 30.4 Å². The zero-order chi connectivity index (χ0) is 18.1. The Labute approximate surface area is 177 Å². The van der Waals surface area contributed by atoms with E-state index in [0.717, 1.165) is 36.4 Å². The van der Waals surface area contributed by atoms with E-state index in [2.05, 4.69) is 45.7 Å². The Morgan fingerprint density at radius 2 is 2.00 bits per heavy atom. The molecule has 0 saturated carbocycles. The second kappa shape index (κ2) is 12.2. The number of aromatic nitrogens is 1. The van der Waals surface area contributed by atoms with Gasteiger partial charge in [0.15, 0.2) is 5.96 Å². The number of aryl methyl sites for hydroxylation is 1. The normalized spacial score (nSPS) is 11.2. The molecule has 2 rings (SSSR count). The number of hydrogen-bond donors (Lipinski definition) is 1. The maximum Gasteiger partial charge on any atom is 0.194 e. The van der Waals surface area contributed by atoms with Crippen LogP contribution in [-0.4, -0.2) is 36.0 Å². The van der Waals surface area contributed by atoms with Crippen LogP contribution in [-0.2, 0) is 24.4 Å². The Hall–Kier alpha value is -1.19. The van der Waals surface area contributed by atoms with E-state index < -0.39 is 0 Å². The standard InChI is InChI=1S/C19H28N4OS.HI/c1-5-20-19(23(4)12-18-14-25-15(3)22-18)21-11-16-9-7-8-10-17(16)13-24-6-2;/h7-10,14H,5-6,11-13H2,1-4H3,(H,20,21);1H. The minimum Gasteiger partial charge on any atom is -0.377 e. The smallest absolute Gasteiger partial charge is 0.194 e. The summed E-state index contributed by atoms with van der Waals surface area (Å²) in [5, 5.41) is 6.56. The van der Waals surface area contributed by atoms with Gasteiger partial charge in [-0.1, -0.05) is 24.3 Å². The third-order valence-electron chi connectivity index (χ3n) is 3.74. The molecule has 0 aliphatic heterocycles. The van der Waals surface area contributed by atoms with E-state index in [4.69, 9.17) is 9.73 Å². The number of hydrogen-bond acceptors (Lipinski definition) is 4. The van der Waals surface area contributed by atoms with Crippen molar-refractivity contribution in [1.82, 2.24) is 15.2 Å². The first-order chi connectivity index (χ1) is 12.1. The molecule has 2 aromatic rings. The molecule has 1 aromatic carbocycles. The molecule has 0 bridgehead atoms. The number of ether oxygens (including phenoxy) is 1. The van der Waals surface area contributed by atoms with Gasteiger partial charge in [0, 0.05) is 25.6 Å². The van der Waals surface area contributed by atoms with Crippen LogP contribution in [0.25, 0.3) is 0 Å². The highest BCUT2D eigenvalue weighted by atomic mass is 127. The molecule has 1 N–H and O–H groups in total. The van der Waals surface area contributed by atoms with Crippen molar-refractivity contribution in [1.29, 1.82) is 0 Å². The van der Waals surface area contributed by atoms with Crippen LogP contribution in [0.15, 0.2) is 34.6 Å². The first-order valence-corrected chi connectivity index (χ1v) is 9.57. The van der Waals surface area contributed by atoms with Gasteiger partial charge in [-0.2, -0.15) is 0 Å². The second-order valence-electron chi connectivity index (χ2n) is 5.79. The quantitative estimate of drug-likeness (QED) is 0.344. The summed E-state index contributed by atoms with van der Waals surface area (Å²) in [6, 6.07) is 8.32. The van der Waals surface area contributed by atoms with Crippen molar-refractivity contribution in [2.75, 3.05) is 20.2 Å². The monoisotopic (exact) mass is 488 g/mol. The van der Waals surface area contributed by atoms with Gasteiger partial charge in [-0.3, -0.25) is 0 Å². The Balaban J connectivity index is 0.00000338. The Kier molecular flexibility index (Phi) is 10.8. The van der Waals surface area contributed by atoms with Crippen molar-refractivity contribution < 1.29 is 4.74 Å². The van der Waals surface area contributed by atoms with Crippen molar-refractivity contribution >= 4 is 41.3 Å². The van der Waals surface area contributed by atoms with Crippen molar-refractivity contribution in [3.05, 3.63) is 51.5 Å². The average Bonchev–Trinajstić information content (AvgIpc) is 3.02. The van der Waals surface area contributed by atoms with Crippen molar-refractivity contribution in [2.45, 2.75) is 40.5 Å². The molecule has 7 heteroatoms. The molecule has 0 fully saturated rings. The lowest BCUT2D eigenvalue weighted by Crippen LogP contribution is -2.38. The molecule has 0 spiro atoms. The lowest BCUT2D eigenvalue weighted by Gasteiger charge is -2.21. The molecular formula is C19H29IN4OS. The molecule has 1 heterocycles. The fraction of sp³-hybridized carbons (Fsp3) is 0.474. The van der Waals surface area contributed by atoms with E-state index in [1.807, 2.05) is 27.0 Å². The minimum absolute atomic E-state index is 0. The lowest BCUT2D eigenvalue weighted by molar-refractivity contribution is 0.133. The number of aliphatic imine (C=N–C) groups is 1. The van der Waals surface area contributed by atoms with Gasteiger partial charge in [0.2, 0.25) is 0 Å². The van der Waals surface area contributed by atoms with Gasteiger partial charge < -0.3 is 15.0 Å². The molecule has 0 amide bonds. The maximum absolute atomic E-state index is 5.56. The molecule has 0 atom stereocenters. The van der Waals surface area contributed by atoms with Crippen LogP contribution in [0.2, 0.25) is 0 Å². The predicted octanol–water partition coefficient (Wildman–Crippen LogP) is 4.20. The number of halogens is 1. The predicted molar refractivity (Wildman–Crippen MR) is 120 cm³/mol. The Bertz CT molecular complexity index is 690. The summed E-state index contributed by atoms with van der Waals surface area (Å²) in [5.41, 5.74) is 3.47. The van der Waals surface area contributed by atoms with Crippen molar-refractivity contribution in [3.63, 3.8) is 0 Å². The molecule has 0 unspecified atom stereocenters. The van der Waals surface area contributed by atoms with Gasteiger partial charge in [-0.05, 0) is 31.9 Å². The second-order valence-corrected chi connectivity index (χ2v) is 6.85. The molecular weight excluding hydrogens is 459 g/mol. The summed E-state index contributed by atoms with van der Waals surface area (Å²) in [6.07, 6.45) is 0. The first kappa shape index (κ1) is 22.9. The summed E-state index contributed by atoms with van der Waals surface area (Å²) < 4.78 is 5.56. The van der Waals surface area contributed by atoms with Crippen LogP contribution in [0.3, 0.4) is 0 Å². The maximum atomic E-state index is 5.56. The number of rotatable bonds is 8. The van der Waals surface area contributed by atoms with Gasteiger partial charge >= 0.3 is 0 Å². The van der Waals surface area contributed by atoms with E-state index >= 15 is 0 Å². The van der Waals surface area contributed by atoms with Crippen LogP contribution in [0, 0.1) is 6.92 Å². The third-order valence-corrected chi connectivity index (χ3v) is 4.56. The largest absolute Gasteiger partial charge is 0.377 e. The number of benzene rings is 1. The first-order valence-electron chi connectivity index (χ1n) is 8.69. The van der Waals surface area contributed by atoms with Crippen LogP contribution in [0.5, 0.6) is 0 Å². The third kappa shape index (κ3) is 7.20. The molecule has 0 aliphatic carbocycles. The fourth-order valence-electron chi connectivity index (χ4n) is 2.49. The number of nitrogens with one attached hydrogen (secondary N) is 1. The average molecular weight is 488 g/mol. The molecule has 144 valence electrons. The van der Waals surface area contributed by atoms with Crippen molar-refractivity contribution in [2.24, 2.45) is 4.99 Å². The van der Waals surface area contributed by atoms with Gasteiger partial charge in [-0.25, -0.2) is 9.98 Å². The summed E-state index contributed by atoms with van der Waals surface area (Å²) in [5.74, 6) is 0.888. The summed E-state index contributed by atoms with van der Waals surface area (Å²) in [7, 11) is 2.04. The molecule has 1 aromatic heterocycles. The molecule has 0 radical (unpaired) electrons. The van der Waals surface area contributed by atoms with Crippen LogP contribution in [0.1, 0.15) is 35.7 Å². The van der Waals surface area contributed by atoms with Crippen LogP contribution >= 0.6 is 35.3 Å². The highest BCUT2D eigenvalue weighted by molar-refractivity contribution is 14.0. The lowest BCUT2D eigenvalue weighted by atomic mass is 10.1. The zero-order valence-corrected chi connectivity index (χ0v) is 19.1. The summed E-state index contributed by atoms with van der Waals surface area (Å²) in [6.45, 7) is 9.69. The summed E-state index contributed by atoms with van der Waals surface area (Å²) in [4.78, 5) is 11.5. The molecule has 26 heavy (non-hydrogen) atoms.